The minimum absolute atomic E-state index is 0.0105. The van der Waals surface area contributed by atoms with Crippen LogP contribution < -0.4 is 5.84 Å². The molecule has 0 aromatic heterocycles. The average Bonchev–Trinajstić information content (AvgIpc) is 2.59. The smallest absolute Gasteiger partial charge is 0.480 e. The van der Waals surface area contributed by atoms with Crippen molar-refractivity contribution in [3.8, 4) is 0 Å². The van der Waals surface area contributed by atoms with Crippen LogP contribution in [0, 0.1) is 5.41 Å². The molecule has 3 N–H and O–H groups in total. The van der Waals surface area contributed by atoms with Crippen LogP contribution >= 0.6 is 0 Å². The number of amides is 1. The first-order valence-corrected chi connectivity index (χ1v) is 8.82. The fourth-order valence-electron chi connectivity index (χ4n) is 2.92. The SMILES string of the molecule is CC(C)(C)OC(=O)[N+]1(N)CCC(C(=O)O)(C(=O)OCc2ccccc2)CC1. The molecule has 8 heteroatoms. The Hall–Kier alpha value is -2.45. The van der Waals surface area contributed by atoms with E-state index in [-0.39, 0.29) is 32.5 Å². The van der Waals surface area contributed by atoms with Crippen molar-refractivity contribution in [1.29, 1.82) is 0 Å². The van der Waals surface area contributed by atoms with Crippen LogP contribution in [-0.2, 0) is 25.7 Å². The number of hydrogen-bond donors (Lipinski definition) is 2. The monoisotopic (exact) mass is 379 g/mol. The minimum atomic E-state index is -1.71. The topological polar surface area (TPSA) is 116 Å². The van der Waals surface area contributed by atoms with Gasteiger partial charge in [0.1, 0.15) is 25.3 Å². The number of nitrogens with two attached hydrogens (primary N) is 1. The van der Waals surface area contributed by atoms with Crippen molar-refractivity contribution in [3.05, 3.63) is 35.9 Å². The lowest BCUT2D eigenvalue weighted by atomic mass is 9.78. The molecule has 1 aliphatic rings. The van der Waals surface area contributed by atoms with Gasteiger partial charge in [0.05, 0.1) is 0 Å². The Morgan fingerprint density at radius 1 is 1.15 bits per heavy atom. The number of nitrogens with zero attached hydrogens (tertiary/aromatic N) is 1. The molecule has 1 amide bonds. The Morgan fingerprint density at radius 3 is 2.19 bits per heavy atom. The molecule has 0 saturated carbocycles. The average molecular weight is 379 g/mol. The summed E-state index contributed by atoms with van der Waals surface area (Å²) in [4.78, 5) is 36.8. The van der Waals surface area contributed by atoms with Gasteiger partial charge in [0.15, 0.2) is 5.41 Å². The van der Waals surface area contributed by atoms with Gasteiger partial charge in [-0.1, -0.05) is 30.3 Å². The summed E-state index contributed by atoms with van der Waals surface area (Å²) in [6.45, 7) is 5.11. The first kappa shape index (κ1) is 20.9. The van der Waals surface area contributed by atoms with Crippen molar-refractivity contribution in [2.45, 2.75) is 45.8 Å². The van der Waals surface area contributed by atoms with E-state index in [2.05, 4.69) is 0 Å². The van der Waals surface area contributed by atoms with E-state index in [1.165, 1.54) is 0 Å². The molecule has 8 nitrogen and oxygen atoms in total. The predicted octanol–water partition coefficient (Wildman–Crippen LogP) is 2.22. The van der Waals surface area contributed by atoms with E-state index < -0.39 is 33.6 Å². The van der Waals surface area contributed by atoms with Crippen LogP contribution in [0.2, 0.25) is 0 Å². The third-order valence-corrected chi connectivity index (χ3v) is 4.65. The van der Waals surface area contributed by atoms with E-state index in [1.54, 1.807) is 45.0 Å². The molecule has 0 aliphatic carbocycles. The summed E-state index contributed by atoms with van der Waals surface area (Å²) < 4.78 is 10.0. The third-order valence-electron chi connectivity index (χ3n) is 4.65. The molecule has 1 aromatic carbocycles. The molecule has 1 aromatic rings. The number of carboxylic acid groups (broad SMARTS) is 1. The highest BCUT2D eigenvalue weighted by Gasteiger charge is 2.56. The highest BCUT2D eigenvalue weighted by Crippen LogP contribution is 2.36. The first-order valence-electron chi connectivity index (χ1n) is 8.82. The normalized spacial score (nSPS) is 25.5. The second-order valence-electron chi connectivity index (χ2n) is 7.91. The second-order valence-corrected chi connectivity index (χ2v) is 7.91. The third kappa shape index (κ3) is 4.84. The molecule has 27 heavy (non-hydrogen) atoms. The Morgan fingerprint density at radius 2 is 1.70 bits per heavy atom. The number of carboxylic acids is 1. The number of quaternary nitrogens is 1. The van der Waals surface area contributed by atoms with E-state index in [1.807, 2.05) is 6.07 Å². The number of likely N-dealkylation sites (tertiary alicyclic amines) is 1. The molecule has 0 unspecified atom stereocenters. The van der Waals surface area contributed by atoms with Crippen LogP contribution in [0.1, 0.15) is 39.2 Å². The molecule has 0 spiro atoms. The number of ether oxygens (including phenoxy) is 2. The zero-order chi connectivity index (χ0) is 20.3. The molecule has 1 heterocycles. The molecule has 1 saturated heterocycles. The number of carbonyl (C=O) groups excluding carboxylic acids is 2. The van der Waals surface area contributed by atoms with Crippen LogP contribution in [0.25, 0.3) is 0 Å². The van der Waals surface area contributed by atoms with Gasteiger partial charge in [0.2, 0.25) is 0 Å². The Bertz CT molecular complexity index is 703. The van der Waals surface area contributed by atoms with Crippen LogP contribution in [0.3, 0.4) is 0 Å². The van der Waals surface area contributed by atoms with Gasteiger partial charge in [-0.2, -0.15) is 10.6 Å². The summed E-state index contributed by atoms with van der Waals surface area (Å²) in [5, 5.41) is 9.69. The molecule has 148 valence electrons. The van der Waals surface area contributed by atoms with E-state index in [4.69, 9.17) is 15.3 Å². The highest BCUT2D eigenvalue weighted by atomic mass is 16.6. The number of esters is 1. The summed E-state index contributed by atoms with van der Waals surface area (Å²) in [6.07, 6.45) is -0.851. The fraction of sp³-hybridized carbons (Fsp3) is 0.526. The van der Waals surface area contributed by atoms with Crippen molar-refractivity contribution in [2.75, 3.05) is 13.1 Å². The Balaban J connectivity index is 2.07. The maximum absolute atomic E-state index is 12.6. The summed E-state index contributed by atoms with van der Waals surface area (Å²) >= 11 is 0. The van der Waals surface area contributed by atoms with E-state index in [0.29, 0.717) is 0 Å². The van der Waals surface area contributed by atoms with Gasteiger partial charge in [0.25, 0.3) is 0 Å². The van der Waals surface area contributed by atoms with Gasteiger partial charge in [-0.15, -0.1) is 4.59 Å². The molecule has 0 radical (unpaired) electrons. The van der Waals surface area contributed by atoms with Gasteiger partial charge in [-0.25, -0.2) is 0 Å². The minimum Gasteiger partial charge on any atom is -0.480 e. The van der Waals surface area contributed by atoms with Gasteiger partial charge in [-0.3, -0.25) is 9.59 Å². The number of rotatable bonds is 4. The van der Waals surface area contributed by atoms with Gasteiger partial charge >= 0.3 is 18.0 Å². The largest absolute Gasteiger partial charge is 0.536 e. The number of aliphatic carboxylic acids is 1. The Labute approximate surface area is 158 Å². The molecular weight excluding hydrogens is 352 g/mol. The van der Waals surface area contributed by atoms with Crippen molar-refractivity contribution < 1.29 is 33.6 Å². The molecular formula is C19H27N2O6+. The number of piperidine rings is 1. The second kappa shape index (κ2) is 7.66. The standard InChI is InChI=1S/C19H26N2O6/c1-18(2,3)27-17(25)21(20)11-9-19(10-12-21,15(22)23)16(24)26-13-14-7-5-4-6-8-14/h4-8H,9-13,20H2,1-3H3/p+1. The fourth-order valence-corrected chi connectivity index (χ4v) is 2.92. The zero-order valence-electron chi connectivity index (χ0n) is 15.9. The molecule has 1 aliphatic heterocycles. The van der Waals surface area contributed by atoms with Crippen molar-refractivity contribution in [2.24, 2.45) is 11.3 Å². The molecule has 0 atom stereocenters. The van der Waals surface area contributed by atoms with Crippen LogP contribution in [0.4, 0.5) is 4.79 Å². The molecule has 0 bridgehead atoms. The molecule has 2 rings (SSSR count). The van der Waals surface area contributed by atoms with Crippen molar-refractivity contribution in [3.63, 3.8) is 0 Å². The van der Waals surface area contributed by atoms with Crippen LogP contribution in [0.5, 0.6) is 0 Å². The summed E-state index contributed by atoms with van der Waals surface area (Å²) in [5.74, 6) is 4.04. The summed E-state index contributed by atoms with van der Waals surface area (Å²) in [7, 11) is 0. The van der Waals surface area contributed by atoms with Gasteiger partial charge < -0.3 is 14.6 Å². The lowest BCUT2D eigenvalue weighted by molar-refractivity contribution is -0.877. The van der Waals surface area contributed by atoms with Gasteiger partial charge in [-0.05, 0) is 26.3 Å². The molecule has 1 fully saturated rings. The van der Waals surface area contributed by atoms with Crippen LogP contribution in [0.15, 0.2) is 30.3 Å². The lowest BCUT2D eigenvalue weighted by Crippen LogP contribution is -2.66. The van der Waals surface area contributed by atoms with E-state index >= 15 is 0 Å². The zero-order valence-corrected chi connectivity index (χ0v) is 15.9. The predicted molar refractivity (Wildman–Crippen MR) is 96.0 cm³/mol. The first-order chi connectivity index (χ1) is 12.5. The number of hydrogen-bond acceptors (Lipinski definition) is 6. The lowest BCUT2D eigenvalue weighted by Gasteiger charge is -2.39. The quantitative estimate of drug-likeness (QED) is 0.271. The van der Waals surface area contributed by atoms with E-state index in [0.717, 1.165) is 5.56 Å². The number of benzene rings is 1. The summed E-state index contributed by atoms with van der Waals surface area (Å²) in [5.41, 5.74) is -1.66. The van der Waals surface area contributed by atoms with Crippen LogP contribution in [-0.4, -0.2) is 46.4 Å². The van der Waals surface area contributed by atoms with Crippen molar-refractivity contribution >= 4 is 18.0 Å². The van der Waals surface area contributed by atoms with Gasteiger partial charge in [0, 0.05) is 12.8 Å². The Kier molecular flexibility index (Phi) is 5.91. The van der Waals surface area contributed by atoms with E-state index in [9.17, 15) is 19.5 Å². The maximum atomic E-state index is 12.6. The highest BCUT2D eigenvalue weighted by molar-refractivity contribution is 5.99. The summed E-state index contributed by atoms with van der Waals surface area (Å²) in [6, 6.07) is 9.01. The number of carbonyl (C=O) groups is 3. The van der Waals surface area contributed by atoms with Crippen molar-refractivity contribution in [1.82, 2.24) is 0 Å². The maximum Gasteiger partial charge on any atom is 0.536 e.